The molecule has 0 aliphatic rings. The van der Waals surface area contributed by atoms with Gasteiger partial charge in [0.15, 0.2) is 5.60 Å². The average molecular weight is 509 g/mol. The van der Waals surface area contributed by atoms with E-state index >= 15 is 0 Å². The highest BCUT2D eigenvalue weighted by Gasteiger charge is 2.44. The summed E-state index contributed by atoms with van der Waals surface area (Å²) in [5.41, 5.74) is -0.429. The molecule has 202 valence electrons. The number of hydrogen-bond acceptors (Lipinski definition) is 7. The maximum atomic E-state index is 13.2. The molecular weight excluding hydrogens is 468 g/mol. The Morgan fingerprint density at radius 3 is 2.17 bits per heavy atom. The van der Waals surface area contributed by atoms with Crippen LogP contribution < -0.4 is 21.4 Å². The van der Waals surface area contributed by atoms with Crippen LogP contribution in [0.4, 0.5) is 4.79 Å². The van der Waals surface area contributed by atoms with Crippen LogP contribution in [-0.2, 0) is 25.5 Å². The molecule has 4 amide bonds. The highest BCUT2D eigenvalue weighted by atomic mass is 16.6. The second-order valence-corrected chi connectivity index (χ2v) is 9.77. The molecule has 0 aliphatic heterocycles. The molecule has 36 heavy (non-hydrogen) atoms. The Kier molecular flexibility index (Phi) is 12.3. The molecular formula is C25H40N4O7. The maximum Gasteiger partial charge on any atom is 0.407 e. The van der Waals surface area contributed by atoms with Crippen LogP contribution in [0.25, 0.3) is 0 Å². The lowest BCUT2D eigenvalue weighted by Gasteiger charge is -2.31. The molecule has 3 atom stereocenters. The van der Waals surface area contributed by atoms with Crippen LogP contribution in [-0.4, -0.2) is 65.0 Å². The van der Waals surface area contributed by atoms with Gasteiger partial charge < -0.3 is 25.8 Å². The Labute approximate surface area is 212 Å². The van der Waals surface area contributed by atoms with Crippen molar-refractivity contribution >= 4 is 23.8 Å². The molecule has 0 radical (unpaired) electrons. The third kappa shape index (κ3) is 10.6. The smallest absolute Gasteiger partial charge is 0.407 e. The molecule has 0 aromatic heterocycles. The molecule has 0 saturated carbocycles. The Hall–Kier alpha value is -3.18. The summed E-state index contributed by atoms with van der Waals surface area (Å²) in [6, 6.07) is 8.56. The van der Waals surface area contributed by atoms with E-state index in [4.69, 9.17) is 9.94 Å². The minimum absolute atomic E-state index is 0.127. The van der Waals surface area contributed by atoms with Crippen molar-refractivity contribution in [3.63, 3.8) is 0 Å². The van der Waals surface area contributed by atoms with Gasteiger partial charge in [0.2, 0.25) is 11.8 Å². The number of aliphatic hydroxyl groups is 1. The van der Waals surface area contributed by atoms with Crippen LogP contribution >= 0.6 is 0 Å². The summed E-state index contributed by atoms with van der Waals surface area (Å²) in [5.74, 6) is -3.53. The van der Waals surface area contributed by atoms with Gasteiger partial charge in [0.25, 0.3) is 5.91 Å². The molecule has 0 heterocycles. The standard InChI is InChI=1S/C25H40N4O7/c1-24(2,3)36-23(33)27-16-10-15-19(21(31)26-5)28-20(30)18(25(4,34)22(32)29-35)14-9-13-17-11-7-6-8-12-17/h6-8,11-12,18-19,34-35H,9-10,13-16H2,1-5H3,(H,26,31)(H,27,33)(H,28,30)(H,29,32)/t18-,19-,25+/m0/s1. The van der Waals surface area contributed by atoms with Crippen LogP contribution in [0.15, 0.2) is 30.3 Å². The Balaban J connectivity index is 2.85. The molecule has 0 unspecified atom stereocenters. The molecule has 1 rings (SSSR count). The largest absolute Gasteiger partial charge is 0.444 e. The highest BCUT2D eigenvalue weighted by molar-refractivity contribution is 5.94. The van der Waals surface area contributed by atoms with E-state index in [0.717, 1.165) is 12.5 Å². The minimum atomic E-state index is -2.22. The Bertz CT molecular complexity index is 869. The van der Waals surface area contributed by atoms with Gasteiger partial charge in [-0.3, -0.25) is 19.6 Å². The average Bonchev–Trinajstić information content (AvgIpc) is 2.81. The van der Waals surface area contributed by atoms with Crippen molar-refractivity contribution in [3.05, 3.63) is 35.9 Å². The van der Waals surface area contributed by atoms with Gasteiger partial charge in [-0.25, -0.2) is 10.3 Å². The molecule has 0 fully saturated rings. The number of ether oxygens (including phenoxy) is 1. The SMILES string of the molecule is CNC(=O)[C@H](CCCNC(=O)OC(C)(C)C)NC(=O)[C@H](CCCc1ccccc1)[C@@](C)(O)C(=O)NO. The maximum absolute atomic E-state index is 13.2. The van der Waals surface area contributed by atoms with Gasteiger partial charge in [-0.05, 0) is 65.4 Å². The van der Waals surface area contributed by atoms with Crippen molar-refractivity contribution in [3.8, 4) is 0 Å². The van der Waals surface area contributed by atoms with E-state index in [2.05, 4.69) is 16.0 Å². The number of amides is 4. The number of hydrogen-bond donors (Lipinski definition) is 6. The van der Waals surface area contributed by atoms with E-state index < -0.39 is 47.0 Å². The molecule has 1 aromatic carbocycles. The molecule has 11 nitrogen and oxygen atoms in total. The monoisotopic (exact) mass is 508 g/mol. The molecule has 0 bridgehead atoms. The lowest BCUT2D eigenvalue weighted by Crippen LogP contribution is -2.56. The van der Waals surface area contributed by atoms with Crippen molar-refractivity contribution in [1.82, 2.24) is 21.4 Å². The summed E-state index contributed by atoms with van der Waals surface area (Å²) in [6.07, 6.45) is 1.16. The second kappa shape index (κ2) is 14.4. The van der Waals surface area contributed by atoms with Crippen LogP contribution in [0.1, 0.15) is 58.9 Å². The normalized spacial score (nSPS) is 14.5. The van der Waals surface area contributed by atoms with Crippen molar-refractivity contribution in [2.24, 2.45) is 5.92 Å². The molecule has 0 aliphatic carbocycles. The van der Waals surface area contributed by atoms with E-state index in [1.165, 1.54) is 12.5 Å². The minimum Gasteiger partial charge on any atom is -0.444 e. The van der Waals surface area contributed by atoms with Crippen LogP contribution in [0.2, 0.25) is 0 Å². The van der Waals surface area contributed by atoms with Crippen molar-refractivity contribution in [2.75, 3.05) is 13.6 Å². The van der Waals surface area contributed by atoms with Crippen molar-refractivity contribution < 1.29 is 34.2 Å². The number of nitrogens with one attached hydrogen (secondary N) is 4. The Morgan fingerprint density at radius 1 is 0.972 bits per heavy atom. The second-order valence-electron chi connectivity index (χ2n) is 9.77. The number of hydroxylamine groups is 1. The fraction of sp³-hybridized carbons (Fsp3) is 0.600. The van der Waals surface area contributed by atoms with E-state index in [1.807, 2.05) is 30.3 Å². The summed E-state index contributed by atoms with van der Waals surface area (Å²) in [6.45, 7) is 6.58. The highest BCUT2D eigenvalue weighted by Crippen LogP contribution is 2.24. The predicted molar refractivity (Wildman–Crippen MR) is 133 cm³/mol. The zero-order chi connectivity index (χ0) is 27.4. The first-order valence-electron chi connectivity index (χ1n) is 12.0. The topological polar surface area (TPSA) is 166 Å². The first kappa shape index (κ1) is 30.9. The fourth-order valence-electron chi connectivity index (χ4n) is 3.62. The molecule has 1 aromatic rings. The third-order valence-corrected chi connectivity index (χ3v) is 5.57. The quantitative estimate of drug-likeness (QED) is 0.133. The summed E-state index contributed by atoms with van der Waals surface area (Å²) in [5, 5.41) is 27.5. The first-order valence-corrected chi connectivity index (χ1v) is 12.0. The molecule has 6 N–H and O–H groups in total. The summed E-state index contributed by atoms with van der Waals surface area (Å²) in [4.78, 5) is 49.5. The van der Waals surface area contributed by atoms with Gasteiger partial charge in [0, 0.05) is 13.6 Å². The van der Waals surface area contributed by atoms with Gasteiger partial charge >= 0.3 is 6.09 Å². The number of aryl methyl sites for hydroxylation is 1. The van der Waals surface area contributed by atoms with E-state index in [-0.39, 0.29) is 19.4 Å². The summed E-state index contributed by atoms with van der Waals surface area (Å²) >= 11 is 0. The fourth-order valence-corrected chi connectivity index (χ4v) is 3.62. The zero-order valence-corrected chi connectivity index (χ0v) is 21.7. The van der Waals surface area contributed by atoms with Gasteiger partial charge in [-0.1, -0.05) is 30.3 Å². The van der Waals surface area contributed by atoms with E-state index in [1.54, 1.807) is 20.8 Å². The number of benzene rings is 1. The lowest BCUT2D eigenvalue weighted by molar-refractivity contribution is -0.159. The van der Waals surface area contributed by atoms with Gasteiger partial charge in [-0.2, -0.15) is 0 Å². The first-order chi connectivity index (χ1) is 16.8. The molecule has 0 spiro atoms. The van der Waals surface area contributed by atoms with Gasteiger partial charge in [0.05, 0.1) is 5.92 Å². The number of alkyl carbamates (subject to hydrolysis) is 1. The zero-order valence-electron chi connectivity index (χ0n) is 21.7. The number of rotatable bonds is 13. The summed E-state index contributed by atoms with van der Waals surface area (Å²) in [7, 11) is 1.42. The van der Waals surface area contributed by atoms with Gasteiger partial charge in [0.1, 0.15) is 11.6 Å². The predicted octanol–water partition coefficient (Wildman–Crippen LogP) is 1.42. The van der Waals surface area contributed by atoms with Crippen LogP contribution in [0.5, 0.6) is 0 Å². The van der Waals surface area contributed by atoms with Crippen molar-refractivity contribution in [2.45, 2.75) is 77.0 Å². The number of carbonyl (C=O) groups excluding carboxylic acids is 4. The van der Waals surface area contributed by atoms with Crippen LogP contribution in [0, 0.1) is 5.92 Å². The van der Waals surface area contributed by atoms with Crippen LogP contribution in [0.3, 0.4) is 0 Å². The Morgan fingerprint density at radius 2 is 1.61 bits per heavy atom. The van der Waals surface area contributed by atoms with E-state index in [9.17, 15) is 24.3 Å². The number of carbonyl (C=O) groups is 4. The third-order valence-electron chi connectivity index (χ3n) is 5.57. The lowest BCUT2D eigenvalue weighted by atomic mass is 9.83. The number of likely N-dealkylation sites (N-methyl/N-ethyl adjacent to an activating group) is 1. The van der Waals surface area contributed by atoms with E-state index in [0.29, 0.717) is 19.3 Å². The van der Waals surface area contributed by atoms with Gasteiger partial charge in [-0.15, -0.1) is 0 Å². The molecule has 0 saturated heterocycles. The van der Waals surface area contributed by atoms with Crippen molar-refractivity contribution in [1.29, 1.82) is 0 Å². The summed E-state index contributed by atoms with van der Waals surface area (Å²) < 4.78 is 5.16. The molecule has 11 heteroatoms.